The molecule has 0 unspecified atom stereocenters. The number of aliphatic hydroxyl groups excluding tert-OH is 1. The fraction of sp³-hybridized carbons (Fsp3) is 0.739. The van der Waals surface area contributed by atoms with Gasteiger partial charge in [0, 0.05) is 25.6 Å². The van der Waals surface area contributed by atoms with Crippen molar-refractivity contribution in [1.29, 1.82) is 0 Å². The summed E-state index contributed by atoms with van der Waals surface area (Å²) in [5.74, 6) is 1.20. The molecular weight excluding hydrogens is 366 g/mol. The van der Waals surface area contributed by atoms with Crippen LogP contribution in [0.3, 0.4) is 0 Å². The van der Waals surface area contributed by atoms with Crippen LogP contribution in [-0.4, -0.2) is 64.5 Å². The molecule has 158 valence electrons. The fourth-order valence-corrected chi connectivity index (χ4v) is 5.86. The topological polar surface area (TPSA) is 67.7 Å². The predicted octanol–water partition coefficient (Wildman–Crippen LogP) is 2.99. The highest BCUT2D eigenvalue weighted by molar-refractivity contribution is 5.81. The second-order valence-corrected chi connectivity index (χ2v) is 9.21. The summed E-state index contributed by atoms with van der Waals surface area (Å²) in [7, 11) is 0. The summed E-state index contributed by atoms with van der Waals surface area (Å²) in [6, 6.07) is 0.675. The average Bonchev–Trinajstić information content (AvgIpc) is 3.29. The maximum absolute atomic E-state index is 9.95. The lowest BCUT2D eigenvalue weighted by Crippen LogP contribution is -2.46. The van der Waals surface area contributed by atoms with Crippen LogP contribution in [0.15, 0.2) is 11.9 Å². The van der Waals surface area contributed by atoms with E-state index in [-0.39, 0.29) is 12.2 Å². The van der Waals surface area contributed by atoms with Crippen LogP contribution in [0.4, 0.5) is 0 Å². The summed E-state index contributed by atoms with van der Waals surface area (Å²) in [5, 5.41) is 9.95. The van der Waals surface area contributed by atoms with Crippen molar-refractivity contribution in [3.63, 3.8) is 0 Å². The van der Waals surface area contributed by atoms with Crippen molar-refractivity contribution in [3.05, 3.63) is 23.2 Å². The Morgan fingerprint density at radius 1 is 1.17 bits per heavy atom. The van der Waals surface area contributed by atoms with E-state index in [1.807, 2.05) is 6.92 Å². The number of allylic oxidation sites excluding steroid dienone is 2. The van der Waals surface area contributed by atoms with Crippen molar-refractivity contribution in [2.45, 2.75) is 76.5 Å². The maximum atomic E-state index is 9.95. The molecule has 0 amide bonds. The second-order valence-electron chi connectivity index (χ2n) is 9.21. The smallest absolute Gasteiger partial charge is 0.224 e. The molecule has 2 fully saturated rings. The summed E-state index contributed by atoms with van der Waals surface area (Å²) in [6.45, 7) is 5.76. The molecule has 6 heteroatoms. The first-order valence-electron chi connectivity index (χ1n) is 11.4. The van der Waals surface area contributed by atoms with Crippen LogP contribution in [0, 0.1) is 5.92 Å². The van der Waals surface area contributed by atoms with Crippen LogP contribution < -0.4 is 4.74 Å². The van der Waals surface area contributed by atoms with Gasteiger partial charge in [0.1, 0.15) is 12.4 Å². The Bertz CT molecular complexity index is 765. The van der Waals surface area contributed by atoms with E-state index in [9.17, 15) is 5.11 Å². The van der Waals surface area contributed by atoms with Crippen LogP contribution in [0.2, 0.25) is 0 Å². The number of nitrogens with zero attached hydrogens (tertiary/aromatic N) is 3. The number of aliphatic hydroxyl groups is 1. The van der Waals surface area contributed by atoms with Gasteiger partial charge in [0.05, 0.1) is 30.6 Å². The van der Waals surface area contributed by atoms with Gasteiger partial charge in [0.25, 0.3) is 0 Å². The van der Waals surface area contributed by atoms with Gasteiger partial charge in [-0.05, 0) is 63.4 Å². The molecule has 1 aromatic rings. The third-order valence-corrected chi connectivity index (χ3v) is 7.23. The van der Waals surface area contributed by atoms with E-state index in [2.05, 4.69) is 14.9 Å². The molecule has 29 heavy (non-hydrogen) atoms. The largest absolute Gasteiger partial charge is 0.474 e. The summed E-state index contributed by atoms with van der Waals surface area (Å²) < 4.78 is 12.0. The molecule has 6 nitrogen and oxygen atoms in total. The van der Waals surface area contributed by atoms with Gasteiger partial charge in [-0.15, -0.1) is 0 Å². The molecule has 1 N–H and O–H groups in total. The summed E-state index contributed by atoms with van der Waals surface area (Å²) >= 11 is 0. The van der Waals surface area contributed by atoms with Gasteiger partial charge in [-0.1, -0.05) is 5.57 Å². The highest BCUT2D eigenvalue weighted by Crippen LogP contribution is 2.50. The minimum absolute atomic E-state index is 0.243. The Labute approximate surface area is 173 Å². The molecule has 2 heterocycles. The third-order valence-electron chi connectivity index (χ3n) is 7.23. The van der Waals surface area contributed by atoms with Crippen LogP contribution in [0.25, 0.3) is 5.57 Å². The van der Waals surface area contributed by atoms with Crippen molar-refractivity contribution < 1.29 is 14.6 Å². The quantitative estimate of drug-likeness (QED) is 0.821. The molecule has 4 aliphatic rings. The standard InChI is InChI=1S/C23H33N3O3/c1-15(27)12-16-2-3-17-13-20-22(21(16)17)23(25-14-24-20)29-19-6-4-18(5-7-19)26-8-10-28-11-9-26/h14-16,18-19,27H,2-13H2,1H3/t15-,16+,18-,19-/m0/s1. The first kappa shape index (κ1) is 19.5. The lowest BCUT2D eigenvalue weighted by atomic mass is 9.90. The SMILES string of the molecule is C[C@H](O)C[C@H]1CCC2=C1c1c(ncnc1O[C@H]1CC[C@H](N3CCOCC3)CC1)C2. The van der Waals surface area contributed by atoms with E-state index < -0.39 is 0 Å². The molecule has 1 saturated heterocycles. The molecule has 5 rings (SSSR count). The van der Waals surface area contributed by atoms with Crippen LogP contribution in [0.5, 0.6) is 5.88 Å². The molecule has 1 aromatic heterocycles. The minimum Gasteiger partial charge on any atom is -0.474 e. The number of fused-ring (bicyclic) bond motifs is 2. The number of aromatic nitrogens is 2. The molecular formula is C23H33N3O3. The van der Waals surface area contributed by atoms with E-state index in [4.69, 9.17) is 9.47 Å². The number of rotatable bonds is 5. The summed E-state index contributed by atoms with van der Waals surface area (Å²) in [4.78, 5) is 11.7. The van der Waals surface area contributed by atoms with Gasteiger partial charge in [0.2, 0.25) is 5.88 Å². The summed E-state index contributed by atoms with van der Waals surface area (Å²) in [5.41, 5.74) is 5.16. The van der Waals surface area contributed by atoms with Crippen molar-refractivity contribution >= 4 is 5.57 Å². The average molecular weight is 400 g/mol. The Morgan fingerprint density at radius 2 is 1.97 bits per heavy atom. The molecule has 0 spiro atoms. The highest BCUT2D eigenvalue weighted by atomic mass is 16.5. The van der Waals surface area contributed by atoms with E-state index >= 15 is 0 Å². The first-order chi connectivity index (χ1) is 14.2. The fourth-order valence-electron chi connectivity index (χ4n) is 5.86. The maximum Gasteiger partial charge on any atom is 0.224 e. The van der Waals surface area contributed by atoms with Crippen LogP contribution >= 0.6 is 0 Å². The van der Waals surface area contributed by atoms with Gasteiger partial charge in [-0.2, -0.15) is 0 Å². The second kappa shape index (κ2) is 8.32. The van der Waals surface area contributed by atoms with Crippen molar-refractivity contribution in [2.24, 2.45) is 5.92 Å². The molecule has 1 saturated carbocycles. The van der Waals surface area contributed by atoms with Crippen molar-refractivity contribution in [2.75, 3.05) is 26.3 Å². The van der Waals surface area contributed by atoms with Crippen molar-refractivity contribution in [3.8, 4) is 5.88 Å². The predicted molar refractivity (Wildman–Crippen MR) is 111 cm³/mol. The Hall–Kier alpha value is -1.50. The number of hydrogen-bond donors (Lipinski definition) is 1. The molecule has 0 radical (unpaired) electrons. The van der Waals surface area contributed by atoms with Gasteiger partial charge in [0.15, 0.2) is 0 Å². The van der Waals surface area contributed by atoms with E-state index in [0.717, 1.165) is 82.0 Å². The lowest BCUT2D eigenvalue weighted by Gasteiger charge is -2.38. The number of ether oxygens (including phenoxy) is 2. The van der Waals surface area contributed by atoms with E-state index in [1.165, 1.54) is 24.0 Å². The number of hydrogen-bond acceptors (Lipinski definition) is 6. The zero-order valence-electron chi connectivity index (χ0n) is 17.5. The summed E-state index contributed by atoms with van der Waals surface area (Å²) in [6.07, 6.45) is 10.2. The molecule has 2 atom stereocenters. The zero-order valence-corrected chi connectivity index (χ0v) is 17.5. The molecule has 0 aromatic carbocycles. The van der Waals surface area contributed by atoms with E-state index in [0.29, 0.717) is 12.0 Å². The van der Waals surface area contributed by atoms with Gasteiger partial charge < -0.3 is 14.6 Å². The Morgan fingerprint density at radius 3 is 2.72 bits per heavy atom. The van der Waals surface area contributed by atoms with Gasteiger partial charge in [-0.25, -0.2) is 9.97 Å². The Balaban J connectivity index is 1.27. The van der Waals surface area contributed by atoms with Gasteiger partial charge >= 0.3 is 0 Å². The Kier molecular flexibility index (Phi) is 5.59. The lowest BCUT2D eigenvalue weighted by molar-refractivity contribution is -0.00143. The van der Waals surface area contributed by atoms with Gasteiger partial charge in [-0.3, -0.25) is 4.90 Å². The molecule has 0 bridgehead atoms. The highest BCUT2D eigenvalue weighted by Gasteiger charge is 2.37. The van der Waals surface area contributed by atoms with Crippen LogP contribution in [0.1, 0.15) is 63.1 Å². The minimum atomic E-state index is -0.277. The molecule has 3 aliphatic carbocycles. The van der Waals surface area contributed by atoms with Crippen molar-refractivity contribution in [1.82, 2.24) is 14.9 Å². The normalized spacial score (nSPS) is 30.9. The zero-order chi connectivity index (χ0) is 19.8. The first-order valence-corrected chi connectivity index (χ1v) is 11.4. The molecule has 1 aliphatic heterocycles. The third kappa shape index (κ3) is 3.94. The number of morpholine rings is 1. The monoisotopic (exact) mass is 399 g/mol. The van der Waals surface area contributed by atoms with E-state index in [1.54, 1.807) is 6.33 Å². The van der Waals surface area contributed by atoms with Crippen LogP contribution in [-0.2, 0) is 11.2 Å².